The summed E-state index contributed by atoms with van der Waals surface area (Å²) in [5.74, 6) is 0.902. The Labute approximate surface area is 166 Å². The summed E-state index contributed by atoms with van der Waals surface area (Å²) in [6, 6.07) is 8.38. The van der Waals surface area contributed by atoms with Gasteiger partial charge in [-0.15, -0.1) is 0 Å². The van der Waals surface area contributed by atoms with Gasteiger partial charge in [0.1, 0.15) is 11.5 Å². The van der Waals surface area contributed by atoms with Crippen LogP contribution in [0.2, 0.25) is 0 Å². The summed E-state index contributed by atoms with van der Waals surface area (Å²) < 4.78 is 36.9. The van der Waals surface area contributed by atoms with E-state index in [0.717, 1.165) is 24.6 Å². The van der Waals surface area contributed by atoms with Gasteiger partial charge in [-0.1, -0.05) is 0 Å². The molecule has 1 aliphatic rings. The van der Waals surface area contributed by atoms with Crippen LogP contribution in [0.15, 0.2) is 34.7 Å². The zero-order valence-electron chi connectivity index (χ0n) is 16.0. The number of furan rings is 1. The van der Waals surface area contributed by atoms with Gasteiger partial charge in [-0.2, -0.15) is 0 Å². The lowest BCUT2D eigenvalue weighted by Gasteiger charge is -2.33. The Morgan fingerprint density at radius 3 is 2.76 bits per heavy atom. The average molecular weight is 404 g/mol. The molecule has 9 heteroatoms. The molecule has 1 aliphatic heterocycles. The van der Waals surface area contributed by atoms with Crippen LogP contribution in [0.1, 0.15) is 40.2 Å². The number of aromatic amines is 1. The second-order valence-corrected chi connectivity index (χ2v) is 6.98. The number of alkyl halides is 2. The summed E-state index contributed by atoms with van der Waals surface area (Å²) in [5, 5.41) is 2.93. The second-order valence-electron chi connectivity index (χ2n) is 6.98. The minimum absolute atomic E-state index is 0.113. The predicted molar refractivity (Wildman–Crippen MR) is 102 cm³/mol. The van der Waals surface area contributed by atoms with Crippen LogP contribution in [0.3, 0.4) is 0 Å². The molecule has 4 rings (SSSR count). The largest absolute Gasteiger partial charge is 0.465 e. The van der Waals surface area contributed by atoms with Crippen molar-refractivity contribution >= 4 is 16.9 Å². The van der Waals surface area contributed by atoms with Gasteiger partial charge in [0.2, 0.25) is 0 Å². The molecule has 0 bridgehead atoms. The zero-order chi connectivity index (χ0) is 20.4. The van der Waals surface area contributed by atoms with Gasteiger partial charge in [0.25, 0.3) is 12.3 Å². The average Bonchev–Trinajstić information content (AvgIpc) is 3.34. The predicted octanol–water partition coefficient (Wildman–Crippen LogP) is 3.21. The van der Waals surface area contributed by atoms with E-state index in [0.29, 0.717) is 36.4 Å². The molecule has 0 aliphatic carbocycles. The number of hydrogen-bond acceptors (Lipinski definition) is 5. The monoisotopic (exact) mass is 404 g/mol. The molecule has 7 nitrogen and oxygen atoms in total. The number of carbonyl (C=O) groups excluding carboxylic acids is 1. The second kappa shape index (κ2) is 8.30. The first kappa shape index (κ1) is 19.5. The number of rotatable bonds is 6. The van der Waals surface area contributed by atoms with Crippen LogP contribution < -0.4 is 5.32 Å². The standard InChI is InChI=1S/C20H22F2N4O3/c1-12-2-5-17(29-12)16(26-6-8-28-9-7-26)11-23-20(27)13-3-4-14-15(10-13)25-19(24-14)18(21)22/h2-5,10,16,18H,6-9,11H2,1H3,(H,23,27)(H,24,25). The number of hydrogen-bond donors (Lipinski definition) is 2. The number of H-pyrrole nitrogens is 1. The number of ether oxygens (including phenoxy) is 1. The van der Waals surface area contributed by atoms with E-state index in [1.807, 2.05) is 19.1 Å². The lowest BCUT2D eigenvalue weighted by atomic mass is 10.1. The van der Waals surface area contributed by atoms with Crippen molar-refractivity contribution in [2.24, 2.45) is 0 Å². The maximum absolute atomic E-state index is 12.8. The topological polar surface area (TPSA) is 83.4 Å². The summed E-state index contributed by atoms with van der Waals surface area (Å²) in [5.41, 5.74) is 1.17. The highest BCUT2D eigenvalue weighted by atomic mass is 19.3. The molecule has 29 heavy (non-hydrogen) atoms. The highest BCUT2D eigenvalue weighted by Crippen LogP contribution is 2.24. The van der Waals surface area contributed by atoms with E-state index in [4.69, 9.17) is 9.15 Å². The molecule has 3 aromatic rings. The lowest BCUT2D eigenvalue weighted by Crippen LogP contribution is -2.43. The van der Waals surface area contributed by atoms with Crippen LogP contribution in [0.25, 0.3) is 11.0 Å². The third-order valence-electron chi connectivity index (χ3n) is 5.00. The highest BCUT2D eigenvalue weighted by molar-refractivity contribution is 5.97. The fraction of sp³-hybridized carbons (Fsp3) is 0.400. The summed E-state index contributed by atoms with van der Waals surface area (Å²) in [4.78, 5) is 21.3. The van der Waals surface area contributed by atoms with E-state index in [-0.39, 0.29) is 11.9 Å². The molecular formula is C20H22F2N4O3. The van der Waals surface area contributed by atoms with Crippen LogP contribution in [-0.4, -0.2) is 53.6 Å². The van der Waals surface area contributed by atoms with Crippen molar-refractivity contribution in [3.63, 3.8) is 0 Å². The molecule has 2 N–H and O–H groups in total. The van der Waals surface area contributed by atoms with E-state index in [1.54, 1.807) is 12.1 Å². The van der Waals surface area contributed by atoms with Crippen molar-refractivity contribution < 1.29 is 22.7 Å². The lowest BCUT2D eigenvalue weighted by molar-refractivity contribution is 0.0117. The number of halogens is 2. The van der Waals surface area contributed by atoms with Gasteiger partial charge < -0.3 is 19.5 Å². The van der Waals surface area contributed by atoms with E-state index >= 15 is 0 Å². The molecule has 1 fully saturated rings. The first-order chi connectivity index (χ1) is 14.0. The highest BCUT2D eigenvalue weighted by Gasteiger charge is 2.26. The Hall–Kier alpha value is -2.78. The van der Waals surface area contributed by atoms with Crippen LogP contribution >= 0.6 is 0 Å². The van der Waals surface area contributed by atoms with Gasteiger partial charge in [-0.25, -0.2) is 13.8 Å². The molecule has 1 aromatic carbocycles. The van der Waals surface area contributed by atoms with Gasteiger partial charge in [-0.05, 0) is 37.3 Å². The minimum atomic E-state index is -2.69. The zero-order valence-corrected chi connectivity index (χ0v) is 16.0. The Morgan fingerprint density at radius 2 is 2.07 bits per heavy atom. The minimum Gasteiger partial charge on any atom is -0.465 e. The number of nitrogens with zero attached hydrogens (tertiary/aromatic N) is 2. The molecule has 0 spiro atoms. The molecule has 0 radical (unpaired) electrons. The van der Waals surface area contributed by atoms with Crippen molar-refractivity contribution in [1.29, 1.82) is 0 Å². The maximum atomic E-state index is 12.8. The smallest absolute Gasteiger partial charge is 0.295 e. The third kappa shape index (κ3) is 4.30. The molecule has 1 amide bonds. The van der Waals surface area contributed by atoms with Gasteiger partial charge in [0.15, 0.2) is 5.82 Å². The molecule has 0 saturated carbocycles. The molecule has 154 valence electrons. The number of nitrogens with one attached hydrogen (secondary N) is 2. The van der Waals surface area contributed by atoms with Crippen molar-refractivity contribution in [2.45, 2.75) is 19.4 Å². The summed E-state index contributed by atoms with van der Waals surface area (Å²) >= 11 is 0. The molecule has 2 aromatic heterocycles. The number of benzene rings is 1. The normalized spacial score (nSPS) is 16.4. The van der Waals surface area contributed by atoms with Crippen molar-refractivity contribution in [3.05, 3.63) is 53.2 Å². The number of aromatic nitrogens is 2. The number of carbonyl (C=O) groups is 1. The maximum Gasteiger partial charge on any atom is 0.295 e. The Morgan fingerprint density at radius 1 is 1.28 bits per heavy atom. The molecule has 1 unspecified atom stereocenters. The van der Waals surface area contributed by atoms with E-state index < -0.39 is 12.2 Å². The number of fused-ring (bicyclic) bond motifs is 1. The molecule has 3 heterocycles. The van der Waals surface area contributed by atoms with E-state index in [2.05, 4.69) is 20.2 Å². The number of amides is 1. The summed E-state index contributed by atoms with van der Waals surface area (Å²) in [6.07, 6.45) is -2.69. The quantitative estimate of drug-likeness (QED) is 0.659. The summed E-state index contributed by atoms with van der Waals surface area (Å²) in [7, 11) is 0. The first-order valence-corrected chi connectivity index (χ1v) is 9.45. The Bertz CT molecular complexity index is 995. The number of morpholine rings is 1. The van der Waals surface area contributed by atoms with Gasteiger partial charge in [0, 0.05) is 25.2 Å². The first-order valence-electron chi connectivity index (χ1n) is 9.45. The van der Waals surface area contributed by atoms with Crippen LogP contribution in [-0.2, 0) is 4.74 Å². The number of aryl methyl sites for hydroxylation is 1. The van der Waals surface area contributed by atoms with Crippen LogP contribution in [0.4, 0.5) is 8.78 Å². The van der Waals surface area contributed by atoms with Crippen LogP contribution in [0, 0.1) is 6.92 Å². The van der Waals surface area contributed by atoms with Crippen molar-refractivity contribution in [3.8, 4) is 0 Å². The molecule has 1 saturated heterocycles. The number of imidazole rings is 1. The fourth-order valence-electron chi connectivity index (χ4n) is 3.50. The SMILES string of the molecule is Cc1ccc(C(CNC(=O)c2ccc3nc(C(F)F)[nH]c3c2)N2CCOCC2)o1. The van der Waals surface area contributed by atoms with E-state index in [1.165, 1.54) is 6.07 Å². The van der Waals surface area contributed by atoms with Gasteiger partial charge in [0.05, 0.1) is 30.3 Å². The Balaban J connectivity index is 1.49. The Kier molecular flexibility index (Phi) is 5.59. The molecular weight excluding hydrogens is 382 g/mol. The van der Waals surface area contributed by atoms with Crippen molar-refractivity contribution in [1.82, 2.24) is 20.2 Å². The van der Waals surface area contributed by atoms with Gasteiger partial charge >= 0.3 is 0 Å². The van der Waals surface area contributed by atoms with Crippen LogP contribution in [0.5, 0.6) is 0 Å². The van der Waals surface area contributed by atoms with Crippen molar-refractivity contribution in [2.75, 3.05) is 32.8 Å². The fourth-order valence-corrected chi connectivity index (χ4v) is 3.50. The van der Waals surface area contributed by atoms with E-state index in [9.17, 15) is 13.6 Å². The third-order valence-corrected chi connectivity index (χ3v) is 5.00. The van der Waals surface area contributed by atoms with Gasteiger partial charge in [-0.3, -0.25) is 9.69 Å². The molecule has 1 atom stereocenters. The summed E-state index contributed by atoms with van der Waals surface area (Å²) in [6.45, 7) is 4.99.